The highest BCUT2D eigenvalue weighted by Gasteiger charge is 2.07. The summed E-state index contributed by atoms with van der Waals surface area (Å²) >= 11 is 0. The van der Waals surface area contributed by atoms with Crippen LogP contribution in [0.1, 0.15) is 20.3 Å². The Labute approximate surface area is 100.0 Å². The summed E-state index contributed by atoms with van der Waals surface area (Å²) in [6.45, 7) is 4.48. The third-order valence-electron chi connectivity index (χ3n) is 1.73. The van der Waals surface area contributed by atoms with E-state index in [1.54, 1.807) is 0 Å². The molecule has 0 bridgehead atoms. The number of amides is 3. The molecule has 0 saturated heterocycles. The van der Waals surface area contributed by atoms with Crippen LogP contribution in [0.3, 0.4) is 0 Å². The Morgan fingerprint density at radius 2 is 1.88 bits per heavy atom. The molecule has 17 heavy (non-hydrogen) atoms. The van der Waals surface area contributed by atoms with Gasteiger partial charge in [0, 0.05) is 13.1 Å². The number of urea groups is 1. The van der Waals surface area contributed by atoms with Crippen molar-refractivity contribution < 1.29 is 19.5 Å². The Balaban J connectivity index is 3.57. The summed E-state index contributed by atoms with van der Waals surface area (Å²) < 4.78 is 0. The fourth-order valence-corrected chi connectivity index (χ4v) is 0.909. The summed E-state index contributed by atoms with van der Waals surface area (Å²) in [7, 11) is 0. The summed E-state index contributed by atoms with van der Waals surface area (Å²) in [5.41, 5.74) is 0. The standard InChI is InChI=1S/C10H19N3O4/c1-7(2)5-12-10(17)13-8(14)6-11-4-3-9(15)16/h7,11H,3-6H2,1-2H3,(H,15,16)(H2,12,13,14,17). The van der Waals surface area contributed by atoms with E-state index in [4.69, 9.17) is 5.11 Å². The fraction of sp³-hybridized carbons (Fsp3) is 0.700. The number of carboxylic acids is 1. The van der Waals surface area contributed by atoms with Crippen LogP contribution in [-0.2, 0) is 9.59 Å². The van der Waals surface area contributed by atoms with Crippen molar-refractivity contribution in [3.05, 3.63) is 0 Å². The van der Waals surface area contributed by atoms with Gasteiger partial charge in [-0.2, -0.15) is 0 Å². The largest absolute Gasteiger partial charge is 0.481 e. The molecule has 0 aliphatic rings. The lowest BCUT2D eigenvalue weighted by molar-refractivity contribution is -0.137. The first-order valence-corrected chi connectivity index (χ1v) is 5.42. The van der Waals surface area contributed by atoms with E-state index in [1.807, 2.05) is 13.8 Å². The second-order valence-corrected chi connectivity index (χ2v) is 3.97. The molecule has 0 aliphatic heterocycles. The number of carbonyl (C=O) groups is 3. The van der Waals surface area contributed by atoms with Gasteiger partial charge in [-0.25, -0.2) is 4.79 Å². The molecule has 0 aromatic carbocycles. The number of hydrogen-bond donors (Lipinski definition) is 4. The van der Waals surface area contributed by atoms with E-state index in [0.29, 0.717) is 12.5 Å². The zero-order valence-electron chi connectivity index (χ0n) is 10.1. The van der Waals surface area contributed by atoms with Gasteiger partial charge in [-0.1, -0.05) is 13.8 Å². The van der Waals surface area contributed by atoms with Crippen LogP contribution in [-0.4, -0.2) is 42.6 Å². The Kier molecular flexibility index (Phi) is 7.70. The van der Waals surface area contributed by atoms with E-state index < -0.39 is 17.9 Å². The third kappa shape index (κ3) is 10.6. The fourth-order valence-electron chi connectivity index (χ4n) is 0.909. The molecule has 0 aromatic heterocycles. The van der Waals surface area contributed by atoms with Crippen molar-refractivity contribution in [3.8, 4) is 0 Å². The molecule has 3 amide bonds. The van der Waals surface area contributed by atoms with Crippen LogP contribution in [0.25, 0.3) is 0 Å². The molecule has 0 aliphatic carbocycles. The molecule has 0 aromatic rings. The van der Waals surface area contributed by atoms with Gasteiger partial charge >= 0.3 is 12.0 Å². The molecule has 0 heterocycles. The van der Waals surface area contributed by atoms with E-state index in [0.717, 1.165) is 0 Å². The SMILES string of the molecule is CC(C)CNC(=O)NC(=O)CNCCC(=O)O. The van der Waals surface area contributed by atoms with Gasteiger partial charge in [0.05, 0.1) is 13.0 Å². The van der Waals surface area contributed by atoms with Gasteiger partial charge in [0.2, 0.25) is 5.91 Å². The second kappa shape index (κ2) is 8.51. The third-order valence-corrected chi connectivity index (χ3v) is 1.73. The topological polar surface area (TPSA) is 108 Å². The molecule has 98 valence electrons. The van der Waals surface area contributed by atoms with Crippen LogP contribution in [0.15, 0.2) is 0 Å². The van der Waals surface area contributed by atoms with Crippen molar-refractivity contribution in [1.29, 1.82) is 0 Å². The second-order valence-electron chi connectivity index (χ2n) is 3.97. The first-order chi connectivity index (χ1) is 7.91. The molecule has 0 spiro atoms. The van der Waals surface area contributed by atoms with Crippen molar-refractivity contribution in [2.75, 3.05) is 19.6 Å². The van der Waals surface area contributed by atoms with Crippen molar-refractivity contribution in [1.82, 2.24) is 16.0 Å². The first-order valence-electron chi connectivity index (χ1n) is 5.42. The number of carbonyl (C=O) groups excluding carboxylic acids is 2. The van der Waals surface area contributed by atoms with Gasteiger partial charge in [-0.05, 0) is 5.92 Å². The van der Waals surface area contributed by atoms with Gasteiger partial charge in [0.1, 0.15) is 0 Å². The van der Waals surface area contributed by atoms with Gasteiger partial charge in [0.15, 0.2) is 0 Å². The monoisotopic (exact) mass is 245 g/mol. The Morgan fingerprint density at radius 3 is 2.41 bits per heavy atom. The highest BCUT2D eigenvalue weighted by molar-refractivity contribution is 5.95. The lowest BCUT2D eigenvalue weighted by Gasteiger charge is -2.08. The maximum absolute atomic E-state index is 11.2. The van der Waals surface area contributed by atoms with E-state index in [1.165, 1.54) is 0 Å². The van der Waals surface area contributed by atoms with Crippen LogP contribution in [0.2, 0.25) is 0 Å². The minimum absolute atomic E-state index is 0.0627. The van der Waals surface area contributed by atoms with Crippen LogP contribution in [0, 0.1) is 5.92 Å². The number of aliphatic carboxylic acids is 1. The summed E-state index contributed by atoms with van der Waals surface area (Å²) in [6, 6.07) is -0.538. The first kappa shape index (κ1) is 15.4. The number of imide groups is 1. The van der Waals surface area contributed by atoms with Crippen molar-refractivity contribution >= 4 is 17.9 Å². The lowest BCUT2D eigenvalue weighted by Crippen LogP contribution is -2.44. The van der Waals surface area contributed by atoms with E-state index >= 15 is 0 Å². The minimum atomic E-state index is -0.937. The maximum Gasteiger partial charge on any atom is 0.321 e. The highest BCUT2D eigenvalue weighted by Crippen LogP contribution is 1.86. The van der Waals surface area contributed by atoms with Gasteiger partial charge < -0.3 is 15.7 Å². The summed E-state index contributed by atoms with van der Waals surface area (Å²) in [6.07, 6.45) is -0.0627. The van der Waals surface area contributed by atoms with Crippen molar-refractivity contribution in [2.45, 2.75) is 20.3 Å². The molecule has 4 N–H and O–H groups in total. The molecule has 0 unspecified atom stereocenters. The van der Waals surface area contributed by atoms with Crippen molar-refractivity contribution in [3.63, 3.8) is 0 Å². The zero-order chi connectivity index (χ0) is 13.3. The molecule has 7 nitrogen and oxygen atoms in total. The van der Waals surface area contributed by atoms with E-state index in [9.17, 15) is 14.4 Å². The lowest BCUT2D eigenvalue weighted by atomic mass is 10.2. The van der Waals surface area contributed by atoms with Gasteiger partial charge in [0.25, 0.3) is 0 Å². The molecule has 0 atom stereocenters. The normalized spacial score (nSPS) is 10.1. The predicted molar refractivity (Wildman–Crippen MR) is 61.5 cm³/mol. The quantitative estimate of drug-likeness (QED) is 0.454. The molecule has 0 radical (unpaired) electrons. The molecular formula is C10H19N3O4. The number of carboxylic acid groups (broad SMARTS) is 1. The molecule has 0 fully saturated rings. The Bertz CT molecular complexity index is 279. The van der Waals surface area contributed by atoms with Crippen LogP contribution in [0.4, 0.5) is 4.79 Å². The average molecular weight is 245 g/mol. The summed E-state index contributed by atoms with van der Waals surface area (Å²) in [4.78, 5) is 32.5. The molecule has 0 saturated carbocycles. The maximum atomic E-state index is 11.2. The average Bonchev–Trinajstić information content (AvgIpc) is 2.21. The van der Waals surface area contributed by atoms with E-state index in [-0.39, 0.29) is 19.5 Å². The van der Waals surface area contributed by atoms with E-state index in [2.05, 4.69) is 16.0 Å². The Hall–Kier alpha value is -1.63. The van der Waals surface area contributed by atoms with Gasteiger partial charge in [-0.3, -0.25) is 14.9 Å². The molecule has 7 heteroatoms. The molecular weight excluding hydrogens is 226 g/mol. The highest BCUT2D eigenvalue weighted by atomic mass is 16.4. The van der Waals surface area contributed by atoms with Gasteiger partial charge in [-0.15, -0.1) is 0 Å². The van der Waals surface area contributed by atoms with Crippen LogP contribution in [0.5, 0.6) is 0 Å². The summed E-state index contributed by atoms with van der Waals surface area (Å²) in [5, 5.41) is 15.6. The van der Waals surface area contributed by atoms with Crippen LogP contribution >= 0.6 is 0 Å². The Morgan fingerprint density at radius 1 is 1.24 bits per heavy atom. The molecule has 0 rings (SSSR count). The predicted octanol–water partition coefficient (Wildman–Crippen LogP) is -0.467. The number of rotatable bonds is 7. The summed E-state index contributed by atoms with van der Waals surface area (Å²) in [5.74, 6) is -1.12. The minimum Gasteiger partial charge on any atom is -0.481 e. The zero-order valence-corrected chi connectivity index (χ0v) is 10.1. The smallest absolute Gasteiger partial charge is 0.321 e. The van der Waals surface area contributed by atoms with Crippen molar-refractivity contribution in [2.24, 2.45) is 5.92 Å². The number of hydrogen-bond acceptors (Lipinski definition) is 4. The van der Waals surface area contributed by atoms with Crippen LogP contribution < -0.4 is 16.0 Å². The number of nitrogens with one attached hydrogen (secondary N) is 3.